The topological polar surface area (TPSA) is 95.3 Å². The van der Waals surface area contributed by atoms with Crippen molar-refractivity contribution in [1.29, 1.82) is 0 Å². The Morgan fingerprint density at radius 2 is 2.12 bits per heavy atom. The van der Waals surface area contributed by atoms with Crippen LogP contribution in [0.25, 0.3) is 5.78 Å². The van der Waals surface area contributed by atoms with Crippen LogP contribution in [0.3, 0.4) is 0 Å². The second-order valence-corrected chi connectivity index (χ2v) is 5.89. The van der Waals surface area contributed by atoms with Crippen LogP contribution in [0.2, 0.25) is 0 Å². The minimum Gasteiger partial charge on any atom is -0.294 e. The van der Waals surface area contributed by atoms with Gasteiger partial charge >= 0.3 is 0 Å². The molecule has 0 spiro atoms. The van der Waals surface area contributed by atoms with Gasteiger partial charge in [-0.05, 0) is 13.3 Å². The third-order valence-electron chi connectivity index (χ3n) is 4.27. The Kier molecular flexibility index (Phi) is 3.47. The van der Waals surface area contributed by atoms with Gasteiger partial charge in [0.1, 0.15) is 30.1 Å². The first kappa shape index (κ1) is 14.7. The van der Waals surface area contributed by atoms with Gasteiger partial charge in [0.15, 0.2) is 0 Å². The number of hydrogen-bond acceptors (Lipinski definition) is 6. The molecular formula is C15H18N8O. The van der Waals surface area contributed by atoms with Crippen molar-refractivity contribution in [2.75, 3.05) is 0 Å². The van der Waals surface area contributed by atoms with E-state index in [4.69, 9.17) is 0 Å². The summed E-state index contributed by atoms with van der Waals surface area (Å²) in [5.41, 5.74) is 0.556. The Bertz CT molecular complexity index is 979. The summed E-state index contributed by atoms with van der Waals surface area (Å²) in [6.45, 7) is 4.71. The average molecular weight is 326 g/mol. The van der Waals surface area contributed by atoms with Gasteiger partial charge in [-0.2, -0.15) is 5.10 Å². The lowest BCUT2D eigenvalue weighted by atomic mass is 10.2. The van der Waals surface area contributed by atoms with Gasteiger partial charge in [-0.1, -0.05) is 19.8 Å². The minimum absolute atomic E-state index is 0.104. The third-order valence-corrected chi connectivity index (χ3v) is 4.27. The first-order valence-electron chi connectivity index (χ1n) is 8.10. The van der Waals surface area contributed by atoms with Gasteiger partial charge in [-0.25, -0.2) is 19.1 Å². The maximum Gasteiger partial charge on any atom is 0.266 e. The molecule has 1 aliphatic heterocycles. The molecule has 124 valence electrons. The second kappa shape index (κ2) is 5.66. The maximum atomic E-state index is 12.9. The van der Waals surface area contributed by atoms with Crippen LogP contribution in [0.1, 0.15) is 37.6 Å². The van der Waals surface area contributed by atoms with Gasteiger partial charge in [0.2, 0.25) is 5.78 Å². The van der Waals surface area contributed by atoms with Crippen molar-refractivity contribution in [3.63, 3.8) is 0 Å². The maximum absolute atomic E-state index is 12.9. The highest BCUT2D eigenvalue weighted by Gasteiger charge is 2.26. The lowest BCUT2D eigenvalue weighted by Gasteiger charge is -2.12. The molecule has 0 saturated heterocycles. The number of aryl methyl sites for hydroxylation is 2. The van der Waals surface area contributed by atoms with E-state index in [0.717, 1.165) is 25.8 Å². The van der Waals surface area contributed by atoms with E-state index in [2.05, 4.69) is 32.2 Å². The molecule has 4 heterocycles. The number of hydrogen-bond donors (Lipinski definition) is 0. The van der Waals surface area contributed by atoms with Crippen LogP contribution in [0.15, 0.2) is 22.4 Å². The summed E-state index contributed by atoms with van der Waals surface area (Å²) in [6, 6.07) is 0. The quantitative estimate of drug-likeness (QED) is 0.669. The molecule has 0 radical (unpaired) electrons. The lowest BCUT2D eigenvalue weighted by Crippen LogP contribution is -2.24. The number of aromatic nitrogens is 7. The smallest absolute Gasteiger partial charge is 0.266 e. The van der Waals surface area contributed by atoms with Crippen molar-refractivity contribution >= 4 is 17.4 Å². The van der Waals surface area contributed by atoms with Crippen molar-refractivity contribution in [2.45, 2.75) is 46.1 Å². The number of fused-ring (bicyclic) bond motifs is 2. The summed E-state index contributed by atoms with van der Waals surface area (Å²) in [6.07, 6.45) is 6.71. The molecule has 4 rings (SSSR count). The van der Waals surface area contributed by atoms with Gasteiger partial charge < -0.3 is 0 Å². The van der Waals surface area contributed by atoms with Gasteiger partial charge in [-0.15, -0.1) is 10.2 Å². The number of nitrogens with zero attached hydrogens (tertiary/aromatic N) is 8. The van der Waals surface area contributed by atoms with Crippen LogP contribution in [0.5, 0.6) is 0 Å². The Hall–Kier alpha value is -2.84. The van der Waals surface area contributed by atoms with Crippen molar-refractivity contribution in [3.05, 3.63) is 34.4 Å². The van der Waals surface area contributed by atoms with Crippen molar-refractivity contribution in [3.8, 4) is 0 Å². The largest absolute Gasteiger partial charge is 0.294 e. The summed E-state index contributed by atoms with van der Waals surface area (Å²) >= 11 is 0. The van der Waals surface area contributed by atoms with Crippen LogP contribution in [-0.4, -0.2) is 39.8 Å². The van der Waals surface area contributed by atoms with E-state index in [0.29, 0.717) is 35.2 Å². The molecule has 24 heavy (non-hydrogen) atoms. The van der Waals surface area contributed by atoms with Crippen LogP contribution in [-0.2, 0) is 13.0 Å². The molecule has 3 aromatic heterocycles. The van der Waals surface area contributed by atoms with E-state index in [1.54, 1.807) is 22.3 Å². The molecule has 0 saturated carbocycles. The van der Waals surface area contributed by atoms with E-state index in [-0.39, 0.29) is 5.56 Å². The van der Waals surface area contributed by atoms with Crippen LogP contribution in [0, 0.1) is 6.92 Å². The minimum atomic E-state index is -0.104. The summed E-state index contributed by atoms with van der Waals surface area (Å²) in [7, 11) is 0. The fraction of sp³-hybridized carbons (Fsp3) is 0.467. The van der Waals surface area contributed by atoms with E-state index in [1.807, 2.05) is 4.57 Å². The second-order valence-electron chi connectivity index (χ2n) is 5.89. The lowest BCUT2D eigenvalue weighted by molar-refractivity contribution is 0.602. The van der Waals surface area contributed by atoms with Crippen LogP contribution < -0.4 is 5.56 Å². The molecule has 1 aliphatic rings. The average Bonchev–Trinajstić information content (AvgIpc) is 3.29. The molecule has 0 fully saturated rings. The summed E-state index contributed by atoms with van der Waals surface area (Å²) < 4.78 is 5.17. The van der Waals surface area contributed by atoms with Crippen molar-refractivity contribution < 1.29 is 0 Å². The summed E-state index contributed by atoms with van der Waals surface area (Å²) in [5, 5.41) is 12.4. The Balaban J connectivity index is 1.89. The van der Waals surface area contributed by atoms with Gasteiger partial charge in [-0.3, -0.25) is 9.36 Å². The molecule has 0 atom stereocenters. The van der Waals surface area contributed by atoms with Crippen LogP contribution in [0.4, 0.5) is 5.82 Å². The van der Waals surface area contributed by atoms with Crippen molar-refractivity contribution in [1.82, 2.24) is 33.9 Å². The highest BCUT2D eigenvalue weighted by Crippen LogP contribution is 2.26. The van der Waals surface area contributed by atoms with E-state index >= 15 is 0 Å². The highest BCUT2D eigenvalue weighted by molar-refractivity contribution is 5.92. The summed E-state index contributed by atoms with van der Waals surface area (Å²) in [4.78, 5) is 21.5. The molecule has 9 heteroatoms. The third kappa shape index (κ3) is 2.15. The zero-order valence-corrected chi connectivity index (χ0v) is 13.7. The number of unbranched alkanes of at least 4 members (excludes halogenated alkanes) is 2. The number of rotatable bonds is 4. The molecule has 0 N–H and O–H groups in total. The van der Waals surface area contributed by atoms with Gasteiger partial charge in [0, 0.05) is 13.0 Å². The Morgan fingerprint density at radius 3 is 2.88 bits per heavy atom. The van der Waals surface area contributed by atoms with E-state index in [1.165, 1.54) is 6.33 Å². The zero-order valence-electron chi connectivity index (χ0n) is 13.7. The monoisotopic (exact) mass is 326 g/mol. The fourth-order valence-electron chi connectivity index (χ4n) is 3.05. The first-order chi connectivity index (χ1) is 11.7. The predicted molar refractivity (Wildman–Crippen MR) is 87.7 cm³/mol. The van der Waals surface area contributed by atoms with E-state index < -0.39 is 0 Å². The molecule has 0 aromatic carbocycles. The van der Waals surface area contributed by atoms with E-state index in [9.17, 15) is 4.79 Å². The summed E-state index contributed by atoms with van der Waals surface area (Å²) in [5.74, 6) is 2.51. The molecule has 0 unspecified atom stereocenters. The SMILES string of the molecule is CCCCCn1c2c(c(=O)n3c(C)nnc13)CC(n1cncn1)=N2. The molecular weight excluding hydrogens is 308 g/mol. The first-order valence-corrected chi connectivity index (χ1v) is 8.10. The standard InChI is InChI=1S/C15H18N8O/c1-3-4-5-6-21-13-11(7-12(18-13)22-9-16-8-17-22)14(24)23-10(2)19-20-15(21)23/h8-9H,3-7H2,1-2H3. The zero-order chi connectivity index (χ0) is 16.7. The molecule has 9 nitrogen and oxygen atoms in total. The molecule has 0 aliphatic carbocycles. The molecule has 0 bridgehead atoms. The van der Waals surface area contributed by atoms with Gasteiger partial charge in [0.05, 0.1) is 5.56 Å². The Morgan fingerprint density at radius 1 is 1.25 bits per heavy atom. The highest BCUT2D eigenvalue weighted by atomic mass is 16.1. The van der Waals surface area contributed by atoms with Crippen LogP contribution >= 0.6 is 0 Å². The molecule has 0 amide bonds. The molecule has 3 aromatic rings. The predicted octanol–water partition coefficient (Wildman–Crippen LogP) is 1.12. The Labute approximate surface area is 137 Å². The number of aliphatic imine (C=N–C) groups is 1. The van der Waals surface area contributed by atoms with Gasteiger partial charge in [0.25, 0.3) is 5.56 Å². The normalized spacial score (nSPS) is 13.5. The van der Waals surface area contributed by atoms with Crippen molar-refractivity contribution in [2.24, 2.45) is 4.99 Å². The fourth-order valence-corrected chi connectivity index (χ4v) is 3.05.